The lowest BCUT2D eigenvalue weighted by molar-refractivity contribution is -0.116. The fourth-order valence-corrected chi connectivity index (χ4v) is 2.50. The van der Waals surface area contributed by atoms with Crippen LogP contribution >= 0.6 is 0 Å². The zero-order chi connectivity index (χ0) is 15.1. The maximum atomic E-state index is 11.7. The molecular formula is C16H26N4O. The van der Waals surface area contributed by atoms with Crippen molar-refractivity contribution in [1.82, 2.24) is 9.88 Å². The number of carbonyl (C=O) groups is 1. The number of pyridine rings is 1. The van der Waals surface area contributed by atoms with Gasteiger partial charge in [-0.2, -0.15) is 0 Å². The van der Waals surface area contributed by atoms with Crippen molar-refractivity contribution in [3.05, 3.63) is 18.3 Å². The molecule has 5 nitrogen and oxygen atoms in total. The monoisotopic (exact) mass is 290 g/mol. The molecule has 0 aliphatic carbocycles. The van der Waals surface area contributed by atoms with Crippen molar-refractivity contribution in [2.45, 2.75) is 33.1 Å². The van der Waals surface area contributed by atoms with E-state index in [0.29, 0.717) is 6.42 Å². The fraction of sp³-hybridized carbons (Fsp3) is 0.625. The van der Waals surface area contributed by atoms with E-state index in [2.05, 4.69) is 33.9 Å². The van der Waals surface area contributed by atoms with Gasteiger partial charge < -0.3 is 15.1 Å². The molecule has 1 aliphatic rings. The van der Waals surface area contributed by atoms with Crippen molar-refractivity contribution in [3.8, 4) is 0 Å². The van der Waals surface area contributed by atoms with E-state index < -0.39 is 0 Å². The Morgan fingerprint density at radius 2 is 2.00 bits per heavy atom. The summed E-state index contributed by atoms with van der Waals surface area (Å²) in [5.41, 5.74) is 0.784. The molecule has 1 aromatic heterocycles. The van der Waals surface area contributed by atoms with E-state index in [1.54, 1.807) is 6.20 Å². The zero-order valence-electron chi connectivity index (χ0n) is 13.1. The summed E-state index contributed by atoms with van der Waals surface area (Å²) in [6, 6.07) is 3.94. The van der Waals surface area contributed by atoms with E-state index in [-0.39, 0.29) is 5.91 Å². The van der Waals surface area contributed by atoms with Gasteiger partial charge in [0, 0.05) is 32.6 Å². The first-order chi connectivity index (χ1) is 10.2. The number of rotatable bonds is 6. The van der Waals surface area contributed by atoms with Crippen LogP contribution < -0.4 is 10.2 Å². The third-order valence-corrected chi connectivity index (χ3v) is 3.93. The smallest absolute Gasteiger partial charge is 0.224 e. The van der Waals surface area contributed by atoms with Crippen LogP contribution in [0.4, 0.5) is 11.5 Å². The Labute approximate surface area is 127 Å². The van der Waals surface area contributed by atoms with E-state index in [0.717, 1.165) is 57.1 Å². The molecule has 0 spiro atoms. The summed E-state index contributed by atoms with van der Waals surface area (Å²) in [5, 5.41) is 2.89. The number of amides is 1. The molecule has 1 fully saturated rings. The molecule has 1 aliphatic heterocycles. The van der Waals surface area contributed by atoms with Crippen LogP contribution in [-0.4, -0.2) is 48.5 Å². The van der Waals surface area contributed by atoms with Gasteiger partial charge in [0.15, 0.2) is 0 Å². The van der Waals surface area contributed by atoms with E-state index in [4.69, 9.17) is 0 Å². The quantitative estimate of drug-likeness (QED) is 0.873. The predicted molar refractivity (Wildman–Crippen MR) is 86.7 cm³/mol. The largest absolute Gasteiger partial charge is 0.354 e. The second-order valence-electron chi connectivity index (χ2n) is 5.48. The van der Waals surface area contributed by atoms with Crippen LogP contribution in [0.2, 0.25) is 0 Å². The number of piperazine rings is 1. The van der Waals surface area contributed by atoms with E-state index in [1.807, 2.05) is 12.1 Å². The molecule has 0 aromatic carbocycles. The highest BCUT2D eigenvalue weighted by atomic mass is 16.1. The number of nitrogens with one attached hydrogen (secondary N) is 1. The van der Waals surface area contributed by atoms with Crippen molar-refractivity contribution >= 4 is 17.4 Å². The van der Waals surface area contributed by atoms with Gasteiger partial charge in [0.1, 0.15) is 5.82 Å². The van der Waals surface area contributed by atoms with E-state index >= 15 is 0 Å². The first-order valence-corrected chi connectivity index (χ1v) is 7.96. The van der Waals surface area contributed by atoms with Crippen LogP contribution in [0.1, 0.15) is 33.1 Å². The van der Waals surface area contributed by atoms with Gasteiger partial charge in [-0.1, -0.05) is 20.3 Å². The van der Waals surface area contributed by atoms with Gasteiger partial charge in [-0.05, 0) is 25.1 Å². The molecule has 1 N–H and O–H groups in total. The minimum atomic E-state index is 0.0722. The molecule has 21 heavy (non-hydrogen) atoms. The minimum Gasteiger partial charge on any atom is -0.354 e. The first kappa shape index (κ1) is 15.8. The number of carbonyl (C=O) groups excluding carboxylic acids is 1. The van der Waals surface area contributed by atoms with Gasteiger partial charge in [-0.25, -0.2) is 4.98 Å². The molecule has 1 saturated heterocycles. The van der Waals surface area contributed by atoms with Gasteiger partial charge in [0.2, 0.25) is 5.91 Å². The minimum absolute atomic E-state index is 0.0722. The lowest BCUT2D eigenvalue weighted by Crippen LogP contribution is -2.46. The van der Waals surface area contributed by atoms with Crippen LogP contribution in [0.25, 0.3) is 0 Å². The lowest BCUT2D eigenvalue weighted by atomic mass is 10.2. The maximum Gasteiger partial charge on any atom is 0.224 e. The molecule has 0 radical (unpaired) electrons. The third kappa shape index (κ3) is 4.70. The van der Waals surface area contributed by atoms with Gasteiger partial charge >= 0.3 is 0 Å². The van der Waals surface area contributed by atoms with E-state index in [1.165, 1.54) is 0 Å². The fourth-order valence-electron chi connectivity index (χ4n) is 2.50. The molecule has 0 bridgehead atoms. The lowest BCUT2D eigenvalue weighted by Gasteiger charge is -2.34. The summed E-state index contributed by atoms with van der Waals surface area (Å²) in [5.74, 6) is 1.07. The Morgan fingerprint density at radius 1 is 1.24 bits per heavy atom. The van der Waals surface area contributed by atoms with Crippen LogP contribution in [0, 0.1) is 0 Å². The molecular weight excluding hydrogens is 264 g/mol. The average Bonchev–Trinajstić information content (AvgIpc) is 2.54. The standard InChI is InChI=1S/C16H26N4O/c1-3-5-6-16(21)18-14-7-8-15(17-13-14)20-11-9-19(4-2)10-12-20/h7-8,13H,3-6,9-12H2,1-2H3,(H,18,21). The molecule has 0 unspecified atom stereocenters. The number of nitrogens with zero attached hydrogens (tertiary/aromatic N) is 3. The summed E-state index contributed by atoms with van der Waals surface area (Å²) in [4.78, 5) is 20.9. The van der Waals surface area contributed by atoms with Gasteiger partial charge in [0.05, 0.1) is 11.9 Å². The Hall–Kier alpha value is -1.62. The van der Waals surface area contributed by atoms with Crippen molar-refractivity contribution in [1.29, 1.82) is 0 Å². The molecule has 2 heterocycles. The highest BCUT2D eigenvalue weighted by Crippen LogP contribution is 2.16. The highest BCUT2D eigenvalue weighted by Gasteiger charge is 2.16. The number of likely N-dealkylation sites (N-methyl/N-ethyl adjacent to an activating group) is 1. The zero-order valence-corrected chi connectivity index (χ0v) is 13.1. The van der Waals surface area contributed by atoms with Crippen LogP contribution in [-0.2, 0) is 4.79 Å². The first-order valence-electron chi connectivity index (χ1n) is 7.96. The number of aromatic nitrogens is 1. The molecule has 0 saturated carbocycles. The molecule has 116 valence electrons. The number of hydrogen-bond donors (Lipinski definition) is 1. The summed E-state index contributed by atoms with van der Waals surface area (Å²) < 4.78 is 0. The topological polar surface area (TPSA) is 48.5 Å². The Kier molecular flexibility index (Phi) is 5.99. The Bertz CT molecular complexity index is 438. The van der Waals surface area contributed by atoms with Crippen molar-refractivity contribution in [2.24, 2.45) is 0 Å². The average molecular weight is 290 g/mol. The number of hydrogen-bond acceptors (Lipinski definition) is 4. The molecule has 0 atom stereocenters. The van der Waals surface area contributed by atoms with Crippen molar-refractivity contribution < 1.29 is 4.79 Å². The van der Waals surface area contributed by atoms with Crippen molar-refractivity contribution in [2.75, 3.05) is 42.9 Å². The van der Waals surface area contributed by atoms with Crippen LogP contribution in [0.3, 0.4) is 0 Å². The molecule has 2 rings (SSSR count). The summed E-state index contributed by atoms with van der Waals surface area (Å²) in [6.07, 6.45) is 4.30. The summed E-state index contributed by atoms with van der Waals surface area (Å²) >= 11 is 0. The van der Waals surface area contributed by atoms with Gasteiger partial charge in [0.25, 0.3) is 0 Å². The predicted octanol–water partition coefficient (Wildman–Crippen LogP) is 2.35. The highest BCUT2D eigenvalue weighted by molar-refractivity contribution is 5.90. The summed E-state index contributed by atoms with van der Waals surface area (Å²) in [6.45, 7) is 9.61. The molecule has 1 amide bonds. The second kappa shape index (κ2) is 7.98. The van der Waals surface area contributed by atoms with Gasteiger partial charge in [-0.3, -0.25) is 4.79 Å². The Balaban J connectivity index is 1.86. The third-order valence-electron chi connectivity index (χ3n) is 3.93. The normalized spacial score (nSPS) is 16.0. The molecule has 1 aromatic rings. The SMILES string of the molecule is CCCCC(=O)Nc1ccc(N2CCN(CC)CC2)nc1. The van der Waals surface area contributed by atoms with Crippen LogP contribution in [0.5, 0.6) is 0 Å². The molecule has 5 heteroatoms. The van der Waals surface area contributed by atoms with Crippen molar-refractivity contribution in [3.63, 3.8) is 0 Å². The Morgan fingerprint density at radius 3 is 2.57 bits per heavy atom. The van der Waals surface area contributed by atoms with E-state index in [9.17, 15) is 4.79 Å². The van der Waals surface area contributed by atoms with Crippen LogP contribution in [0.15, 0.2) is 18.3 Å². The maximum absolute atomic E-state index is 11.7. The number of anilines is 2. The number of unbranched alkanes of at least 4 members (excludes halogenated alkanes) is 1. The van der Waals surface area contributed by atoms with Gasteiger partial charge in [-0.15, -0.1) is 0 Å². The summed E-state index contributed by atoms with van der Waals surface area (Å²) in [7, 11) is 0. The second-order valence-corrected chi connectivity index (χ2v) is 5.48.